The third-order valence-corrected chi connectivity index (χ3v) is 3.15. The quantitative estimate of drug-likeness (QED) is 0.794. The number of nitrogens with zero attached hydrogens (tertiary/aromatic N) is 1. The van der Waals surface area contributed by atoms with Crippen LogP contribution in [-0.2, 0) is 11.0 Å². The molecule has 21 heavy (non-hydrogen) atoms. The van der Waals surface area contributed by atoms with Crippen molar-refractivity contribution in [2.75, 3.05) is 30.7 Å². The molecule has 0 aliphatic heterocycles. The van der Waals surface area contributed by atoms with Crippen LogP contribution < -0.4 is 11.1 Å². The maximum Gasteiger partial charge on any atom is 0.416 e. The van der Waals surface area contributed by atoms with Gasteiger partial charge in [-0.2, -0.15) is 13.2 Å². The molecule has 1 aromatic carbocycles. The minimum absolute atomic E-state index is 0.00187. The number of carbonyl (C=O) groups is 1. The highest BCUT2D eigenvalue weighted by atomic mass is 19.4. The molecule has 1 aromatic rings. The van der Waals surface area contributed by atoms with Crippen molar-refractivity contribution >= 4 is 17.3 Å². The average Bonchev–Trinajstić information content (AvgIpc) is 2.40. The van der Waals surface area contributed by atoms with Crippen LogP contribution in [0.3, 0.4) is 0 Å². The van der Waals surface area contributed by atoms with Gasteiger partial charge in [0, 0.05) is 26.1 Å². The van der Waals surface area contributed by atoms with E-state index < -0.39 is 11.7 Å². The van der Waals surface area contributed by atoms with Gasteiger partial charge in [0.15, 0.2) is 0 Å². The summed E-state index contributed by atoms with van der Waals surface area (Å²) in [5.41, 5.74) is 5.21. The zero-order valence-corrected chi connectivity index (χ0v) is 12.1. The molecule has 0 aliphatic carbocycles. The highest BCUT2D eigenvalue weighted by Gasteiger charge is 2.30. The number of nitrogens with two attached hydrogens (primary N) is 1. The third kappa shape index (κ3) is 4.84. The van der Waals surface area contributed by atoms with Gasteiger partial charge in [0.1, 0.15) is 0 Å². The fraction of sp³-hybridized carbons (Fsp3) is 0.500. The van der Waals surface area contributed by atoms with Crippen molar-refractivity contribution in [3.8, 4) is 0 Å². The van der Waals surface area contributed by atoms with E-state index in [2.05, 4.69) is 5.32 Å². The molecule has 7 heteroatoms. The second kappa shape index (κ2) is 7.19. The van der Waals surface area contributed by atoms with Crippen molar-refractivity contribution in [1.82, 2.24) is 4.90 Å². The number of hydrogen-bond acceptors (Lipinski definition) is 3. The molecule has 3 N–H and O–H groups in total. The normalized spacial score (nSPS) is 11.3. The van der Waals surface area contributed by atoms with Gasteiger partial charge in [0.05, 0.1) is 16.9 Å². The Balaban J connectivity index is 2.59. The van der Waals surface area contributed by atoms with Gasteiger partial charge in [-0.1, -0.05) is 0 Å². The van der Waals surface area contributed by atoms with E-state index in [1.807, 2.05) is 13.8 Å². The Morgan fingerprint density at radius 1 is 1.29 bits per heavy atom. The van der Waals surface area contributed by atoms with Crippen molar-refractivity contribution in [1.29, 1.82) is 0 Å². The Kier molecular flexibility index (Phi) is 5.87. The summed E-state index contributed by atoms with van der Waals surface area (Å²) in [6, 6.07) is 3.12. The zero-order valence-electron chi connectivity index (χ0n) is 12.1. The van der Waals surface area contributed by atoms with Crippen LogP contribution in [0, 0.1) is 0 Å². The van der Waals surface area contributed by atoms with Crippen LogP contribution in [0.25, 0.3) is 0 Å². The monoisotopic (exact) mass is 303 g/mol. The third-order valence-electron chi connectivity index (χ3n) is 3.15. The van der Waals surface area contributed by atoms with E-state index in [0.29, 0.717) is 25.3 Å². The first kappa shape index (κ1) is 17.1. The van der Waals surface area contributed by atoms with Crippen molar-refractivity contribution in [2.45, 2.75) is 26.4 Å². The number of amides is 1. The first-order valence-electron chi connectivity index (χ1n) is 6.78. The van der Waals surface area contributed by atoms with Gasteiger partial charge in [0.25, 0.3) is 0 Å². The van der Waals surface area contributed by atoms with Crippen LogP contribution in [0.1, 0.15) is 25.8 Å². The minimum Gasteiger partial charge on any atom is -0.397 e. The Labute approximate surface area is 122 Å². The summed E-state index contributed by atoms with van der Waals surface area (Å²) in [5, 5.41) is 2.89. The van der Waals surface area contributed by atoms with Gasteiger partial charge in [-0.3, -0.25) is 4.79 Å². The highest BCUT2D eigenvalue weighted by molar-refractivity contribution is 5.77. The van der Waals surface area contributed by atoms with Gasteiger partial charge >= 0.3 is 6.18 Å². The number of alkyl halides is 3. The molecular weight excluding hydrogens is 283 g/mol. The van der Waals surface area contributed by atoms with Gasteiger partial charge in [-0.05, 0) is 32.0 Å². The van der Waals surface area contributed by atoms with Crippen LogP contribution in [0.4, 0.5) is 24.5 Å². The summed E-state index contributed by atoms with van der Waals surface area (Å²) in [7, 11) is 0. The van der Waals surface area contributed by atoms with Crippen LogP contribution in [0.2, 0.25) is 0 Å². The molecule has 0 saturated heterocycles. The van der Waals surface area contributed by atoms with Gasteiger partial charge in [-0.25, -0.2) is 0 Å². The van der Waals surface area contributed by atoms with Crippen molar-refractivity contribution in [3.05, 3.63) is 23.8 Å². The van der Waals surface area contributed by atoms with Crippen LogP contribution in [0.5, 0.6) is 0 Å². The lowest BCUT2D eigenvalue weighted by molar-refractivity contribution is -0.137. The molecule has 0 saturated carbocycles. The molecule has 1 amide bonds. The first-order chi connectivity index (χ1) is 9.79. The fourth-order valence-corrected chi connectivity index (χ4v) is 1.94. The summed E-state index contributed by atoms with van der Waals surface area (Å²) in [6.45, 7) is 5.38. The lowest BCUT2D eigenvalue weighted by Crippen LogP contribution is -2.31. The number of nitrogens with one attached hydrogen (secondary N) is 1. The molecule has 0 bridgehead atoms. The van der Waals surface area contributed by atoms with Crippen molar-refractivity contribution < 1.29 is 18.0 Å². The number of carbonyl (C=O) groups excluding carboxylic acids is 1. The number of hydrogen-bond donors (Lipinski definition) is 2. The second-order valence-electron chi connectivity index (χ2n) is 4.54. The summed E-state index contributed by atoms with van der Waals surface area (Å²) in [4.78, 5) is 13.5. The molecule has 1 rings (SSSR count). The zero-order chi connectivity index (χ0) is 16.0. The highest BCUT2D eigenvalue weighted by Crippen LogP contribution is 2.32. The molecule has 118 valence electrons. The molecule has 0 aliphatic rings. The van der Waals surface area contributed by atoms with Crippen LogP contribution in [0.15, 0.2) is 18.2 Å². The Morgan fingerprint density at radius 2 is 1.90 bits per heavy atom. The van der Waals surface area contributed by atoms with E-state index in [1.165, 1.54) is 6.07 Å². The molecule has 0 spiro atoms. The Bertz CT molecular complexity index is 485. The lowest BCUT2D eigenvalue weighted by atomic mass is 10.1. The first-order valence-corrected chi connectivity index (χ1v) is 6.78. The van der Waals surface area contributed by atoms with E-state index in [9.17, 15) is 18.0 Å². The predicted molar refractivity (Wildman–Crippen MR) is 76.9 cm³/mol. The summed E-state index contributed by atoms with van der Waals surface area (Å²) < 4.78 is 37.5. The van der Waals surface area contributed by atoms with E-state index in [4.69, 9.17) is 5.73 Å². The number of halogens is 3. The molecule has 0 fully saturated rings. The molecule has 0 heterocycles. The van der Waals surface area contributed by atoms with Gasteiger partial charge in [0.2, 0.25) is 5.91 Å². The predicted octanol–water partition coefficient (Wildman–Crippen LogP) is 2.96. The maximum atomic E-state index is 12.5. The summed E-state index contributed by atoms with van der Waals surface area (Å²) in [5.74, 6) is -0.00187. The van der Waals surface area contributed by atoms with E-state index >= 15 is 0 Å². The van der Waals surface area contributed by atoms with Crippen LogP contribution >= 0.6 is 0 Å². The van der Waals surface area contributed by atoms with Crippen molar-refractivity contribution in [3.63, 3.8) is 0 Å². The smallest absolute Gasteiger partial charge is 0.397 e. The molecular formula is C14H20F3N3O. The number of nitrogen functional groups attached to an aromatic ring is 1. The SMILES string of the molecule is CCN(CC)C(=O)CCNc1ccc(C(F)(F)F)cc1N. The topological polar surface area (TPSA) is 58.4 Å². The average molecular weight is 303 g/mol. The summed E-state index contributed by atoms with van der Waals surface area (Å²) >= 11 is 0. The molecule has 0 radical (unpaired) electrons. The minimum atomic E-state index is -4.41. The van der Waals surface area contributed by atoms with Crippen molar-refractivity contribution in [2.24, 2.45) is 0 Å². The number of anilines is 2. The number of rotatable bonds is 6. The number of benzene rings is 1. The Morgan fingerprint density at radius 3 is 2.38 bits per heavy atom. The van der Waals surface area contributed by atoms with Gasteiger partial charge < -0.3 is 16.0 Å². The largest absolute Gasteiger partial charge is 0.416 e. The summed E-state index contributed by atoms with van der Waals surface area (Å²) in [6.07, 6.45) is -4.15. The molecule has 0 aromatic heterocycles. The van der Waals surface area contributed by atoms with Gasteiger partial charge in [-0.15, -0.1) is 0 Å². The Hall–Kier alpha value is -1.92. The van der Waals surface area contributed by atoms with E-state index in [1.54, 1.807) is 4.90 Å². The molecule has 4 nitrogen and oxygen atoms in total. The van der Waals surface area contributed by atoms with E-state index in [-0.39, 0.29) is 18.0 Å². The fourth-order valence-electron chi connectivity index (χ4n) is 1.94. The molecule has 0 unspecified atom stereocenters. The maximum absolute atomic E-state index is 12.5. The lowest BCUT2D eigenvalue weighted by Gasteiger charge is -2.19. The van der Waals surface area contributed by atoms with E-state index in [0.717, 1.165) is 12.1 Å². The van der Waals surface area contributed by atoms with Crippen LogP contribution in [-0.4, -0.2) is 30.4 Å². The second-order valence-corrected chi connectivity index (χ2v) is 4.54. The standard InChI is InChI=1S/C14H20F3N3O/c1-3-20(4-2)13(21)7-8-19-12-6-5-10(9-11(12)18)14(15,16)17/h5-6,9,19H,3-4,7-8,18H2,1-2H3. The molecule has 0 atom stereocenters.